The molecule has 2 heteroatoms. The Kier molecular flexibility index (Phi) is 5.23. The van der Waals surface area contributed by atoms with Gasteiger partial charge in [0, 0.05) is 6.04 Å². The second-order valence-electron chi connectivity index (χ2n) is 4.28. The standard InChI is InChI=1S/C14H22N2/c1-4-5-6-7-14(16-15)13-9-8-11(2)12(3)10-13/h4,8-10,14,16H,1,5-7,15H2,2-3H3. The van der Waals surface area contributed by atoms with Crippen LogP contribution in [0.2, 0.25) is 0 Å². The summed E-state index contributed by atoms with van der Waals surface area (Å²) < 4.78 is 0. The molecule has 0 aliphatic heterocycles. The lowest BCUT2D eigenvalue weighted by atomic mass is 9.98. The first kappa shape index (κ1) is 12.9. The van der Waals surface area contributed by atoms with Crippen LogP contribution in [0.1, 0.15) is 42.0 Å². The zero-order valence-corrected chi connectivity index (χ0v) is 10.3. The van der Waals surface area contributed by atoms with Crippen molar-refractivity contribution in [3.8, 4) is 0 Å². The van der Waals surface area contributed by atoms with Crippen molar-refractivity contribution in [1.82, 2.24) is 5.43 Å². The van der Waals surface area contributed by atoms with Crippen molar-refractivity contribution < 1.29 is 0 Å². The monoisotopic (exact) mass is 218 g/mol. The summed E-state index contributed by atoms with van der Waals surface area (Å²) in [6.45, 7) is 7.99. The van der Waals surface area contributed by atoms with Crippen LogP contribution in [0.4, 0.5) is 0 Å². The van der Waals surface area contributed by atoms with Gasteiger partial charge < -0.3 is 0 Å². The predicted molar refractivity (Wildman–Crippen MR) is 70.0 cm³/mol. The van der Waals surface area contributed by atoms with E-state index in [1.807, 2.05) is 6.08 Å². The average Bonchev–Trinajstić information content (AvgIpc) is 2.29. The van der Waals surface area contributed by atoms with Gasteiger partial charge in [0.15, 0.2) is 0 Å². The van der Waals surface area contributed by atoms with Gasteiger partial charge in [0.05, 0.1) is 0 Å². The van der Waals surface area contributed by atoms with Crippen molar-refractivity contribution in [3.05, 3.63) is 47.5 Å². The quantitative estimate of drug-likeness (QED) is 0.333. The molecule has 1 unspecified atom stereocenters. The fraction of sp³-hybridized carbons (Fsp3) is 0.429. The summed E-state index contributed by atoms with van der Waals surface area (Å²) in [7, 11) is 0. The first-order chi connectivity index (χ1) is 7.69. The van der Waals surface area contributed by atoms with Crippen molar-refractivity contribution in [2.75, 3.05) is 0 Å². The summed E-state index contributed by atoms with van der Waals surface area (Å²) in [6, 6.07) is 6.77. The minimum Gasteiger partial charge on any atom is -0.271 e. The maximum absolute atomic E-state index is 5.60. The Morgan fingerprint density at radius 2 is 2.12 bits per heavy atom. The van der Waals surface area contributed by atoms with Gasteiger partial charge in [-0.3, -0.25) is 11.3 Å². The van der Waals surface area contributed by atoms with Gasteiger partial charge >= 0.3 is 0 Å². The third kappa shape index (κ3) is 3.47. The lowest BCUT2D eigenvalue weighted by Gasteiger charge is -2.17. The average molecular weight is 218 g/mol. The molecule has 0 aromatic heterocycles. The Hall–Kier alpha value is -1.12. The molecule has 0 aliphatic rings. The third-order valence-corrected chi connectivity index (χ3v) is 3.04. The minimum atomic E-state index is 0.249. The van der Waals surface area contributed by atoms with E-state index >= 15 is 0 Å². The van der Waals surface area contributed by atoms with Crippen molar-refractivity contribution >= 4 is 0 Å². The molecular formula is C14H22N2. The number of nitrogens with one attached hydrogen (secondary N) is 1. The largest absolute Gasteiger partial charge is 0.271 e. The van der Waals surface area contributed by atoms with Crippen LogP contribution in [0.3, 0.4) is 0 Å². The first-order valence-corrected chi connectivity index (χ1v) is 5.83. The summed E-state index contributed by atoms with van der Waals surface area (Å²) in [5.74, 6) is 5.60. The maximum atomic E-state index is 5.60. The van der Waals surface area contributed by atoms with Gasteiger partial charge in [-0.15, -0.1) is 6.58 Å². The molecule has 88 valence electrons. The lowest BCUT2D eigenvalue weighted by Crippen LogP contribution is -2.28. The maximum Gasteiger partial charge on any atom is 0.0460 e. The molecule has 0 amide bonds. The molecule has 0 aliphatic carbocycles. The van der Waals surface area contributed by atoms with Crippen LogP contribution in [0, 0.1) is 13.8 Å². The number of rotatable bonds is 6. The summed E-state index contributed by atoms with van der Waals surface area (Å²) >= 11 is 0. The van der Waals surface area contributed by atoms with E-state index in [0.717, 1.165) is 19.3 Å². The fourth-order valence-corrected chi connectivity index (χ4v) is 1.79. The van der Waals surface area contributed by atoms with Gasteiger partial charge in [-0.1, -0.05) is 24.3 Å². The molecule has 1 aromatic rings. The second-order valence-corrected chi connectivity index (χ2v) is 4.28. The molecule has 0 fully saturated rings. The lowest BCUT2D eigenvalue weighted by molar-refractivity contribution is 0.500. The Morgan fingerprint density at radius 1 is 1.38 bits per heavy atom. The Morgan fingerprint density at radius 3 is 2.69 bits per heavy atom. The van der Waals surface area contributed by atoms with Crippen molar-refractivity contribution in [2.45, 2.75) is 39.2 Å². The van der Waals surface area contributed by atoms with Gasteiger partial charge in [-0.2, -0.15) is 0 Å². The van der Waals surface area contributed by atoms with Gasteiger partial charge in [-0.05, 0) is 49.8 Å². The Balaban J connectivity index is 2.70. The van der Waals surface area contributed by atoms with E-state index in [1.165, 1.54) is 16.7 Å². The van der Waals surface area contributed by atoms with Crippen LogP contribution in [0.15, 0.2) is 30.9 Å². The zero-order valence-electron chi connectivity index (χ0n) is 10.3. The van der Waals surface area contributed by atoms with E-state index in [2.05, 4.69) is 44.1 Å². The SMILES string of the molecule is C=CCCCC(NN)c1ccc(C)c(C)c1. The van der Waals surface area contributed by atoms with E-state index < -0.39 is 0 Å². The third-order valence-electron chi connectivity index (χ3n) is 3.04. The van der Waals surface area contributed by atoms with Crippen LogP contribution in [-0.4, -0.2) is 0 Å². The highest BCUT2D eigenvalue weighted by atomic mass is 15.2. The molecule has 3 N–H and O–H groups in total. The van der Waals surface area contributed by atoms with E-state index in [1.54, 1.807) is 0 Å². The topological polar surface area (TPSA) is 38.0 Å². The van der Waals surface area contributed by atoms with Crippen molar-refractivity contribution in [1.29, 1.82) is 0 Å². The highest BCUT2D eigenvalue weighted by Crippen LogP contribution is 2.21. The Labute approximate surface area is 98.5 Å². The van der Waals surface area contributed by atoms with Crippen LogP contribution in [0.25, 0.3) is 0 Å². The molecule has 0 heterocycles. The molecule has 1 atom stereocenters. The molecule has 0 bridgehead atoms. The molecular weight excluding hydrogens is 196 g/mol. The minimum absolute atomic E-state index is 0.249. The highest BCUT2D eigenvalue weighted by molar-refractivity contribution is 5.31. The molecule has 1 rings (SSSR count). The number of unbranched alkanes of at least 4 members (excludes halogenated alkanes) is 1. The van der Waals surface area contributed by atoms with Gasteiger partial charge in [-0.25, -0.2) is 0 Å². The molecule has 0 saturated heterocycles. The number of aryl methyl sites for hydroxylation is 2. The fourth-order valence-electron chi connectivity index (χ4n) is 1.79. The van der Waals surface area contributed by atoms with Gasteiger partial charge in [0.1, 0.15) is 0 Å². The van der Waals surface area contributed by atoms with Crippen LogP contribution < -0.4 is 11.3 Å². The van der Waals surface area contributed by atoms with Crippen molar-refractivity contribution in [3.63, 3.8) is 0 Å². The summed E-state index contributed by atoms with van der Waals surface area (Å²) in [5.41, 5.74) is 6.81. The highest BCUT2D eigenvalue weighted by Gasteiger charge is 2.09. The van der Waals surface area contributed by atoms with E-state index in [9.17, 15) is 0 Å². The number of benzene rings is 1. The first-order valence-electron chi connectivity index (χ1n) is 5.83. The molecule has 0 radical (unpaired) electrons. The number of hydrazine groups is 1. The molecule has 0 spiro atoms. The predicted octanol–water partition coefficient (Wildman–Crippen LogP) is 3.16. The second kappa shape index (κ2) is 6.46. The molecule has 2 nitrogen and oxygen atoms in total. The summed E-state index contributed by atoms with van der Waals surface area (Å²) in [4.78, 5) is 0. The normalized spacial score (nSPS) is 12.4. The van der Waals surface area contributed by atoms with Crippen LogP contribution >= 0.6 is 0 Å². The number of nitrogens with two attached hydrogens (primary N) is 1. The molecule has 1 aromatic carbocycles. The van der Waals surface area contributed by atoms with Crippen LogP contribution in [-0.2, 0) is 0 Å². The summed E-state index contributed by atoms with van der Waals surface area (Å²) in [5, 5.41) is 0. The van der Waals surface area contributed by atoms with Gasteiger partial charge in [0.2, 0.25) is 0 Å². The van der Waals surface area contributed by atoms with Gasteiger partial charge in [0.25, 0.3) is 0 Å². The number of hydrogen-bond acceptors (Lipinski definition) is 2. The smallest absolute Gasteiger partial charge is 0.0460 e. The van der Waals surface area contributed by atoms with E-state index in [0.29, 0.717) is 0 Å². The number of hydrogen-bond donors (Lipinski definition) is 2. The van der Waals surface area contributed by atoms with Crippen LogP contribution in [0.5, 0.6) is 0 Å². The Bertz CT molecular complexity index is 345. The van der Waals surface area contributed by atoms with Crippen molar-refractivity contribution in [2.24, 2.45) is 5.84 Å². The van der Waals surface area contributed by atoms with E-state index in [-0.39, 0.29) is 6.04 Å². The number of allylic oxidation sites excluding steroid dienone is 1. The molecule has 16 heavy (non-hydrogen) atoms. The molecule has 0 saturated carbocycles. The van der Waals surface area contributed by atoms with E-state index in [4.69, 9.17) is 5.84 Å². The zero-order chi connectivity index (χ0) is 12.0. The summed E-state index contributed by atoms with van der Waals surface area (Å²) in [6.07, 6.45) is 5.16.